The van der Waals surface area contributed by atoms with Crippen LogP contribution in [0.2, 0.25) is 0 Å². The van der Waals surface area contributed by atoms with E-state index in [9.17, 15) is 19.5 Å². The van der Waals surface area contributed by atoms with Crippen molar-refractivity contribution in [3.63, 3.8) is 0 Å². The lowest BCUT2D eigenvalue weighted by atomic mass is 9.76. The summed E-state index contributed by atoms with van der Waals surface area (Å²) in [6.07, 6.45) is 2.00. The Hall–Kier alpha value is -1.89. The zero-order valence-corrected chi connectivity index (χ0v) is 14.0. The van der Waals surface area contributed by atoms with Crippen LogP contribution in [0, 0.1) is 5.92 Å². The molecule has 1 saturated heterocycles. The molecule has 1 aliphatic carbocycles. The van der Waals surface area contributed by atoms with Crippen LogP contribution in [0.3, 0.4) is 0 Å². The van der Waals surface area contributed by atoms with E-state index < -0.39 is 23.3 Å². The van der Waals surface area contributed by atoms with E-state index in [1.54, 1.807) is 4.90 Å². The Morgan fingerprint density at radius 3 is 2.57 bits per heavy atom. The summed E-state index contributed by atoms with van der Waals surface area (Å²) in [5.74, 6) is -2.61. The third-order valence-electron chi connectivity index (χ3n) is 4.64. The monoisotopic (exact) mass is 380 g/mol. The molecular formula is C16H17BrN2O4. The summed E-state index contributed by atoms with van der Waals surface area (Å²) in [5.41, 5.74) is -0.456. The Kier molecular flexibility index (Phi) is 4.14. The molecule has 0 radical (unpaired) electrons. The number of para-hydroxylation sites is 1. The molecule has 122 valence electrons. The number of halogens is 1. The van der Waals surface area contributed by atoms with Gasteiger partial charge in [0.2, 0.25) is 11.8 Å². The molecule has 3 rings (SSSR count). The second-order valence-corrected chi connectivity index (χ2v) is 6.87. The van der Waals surface area contributed by atoms with Gasteiger partial charge < -0.3 is 15.3 Å². The zero-order chi connectivity index (χ0) is 16.6. The van der Waals surface area contributed by atoms with Gasteiger partial charge in [-0.15, -0.1) is 0 Å². The van der Waals surface area contributed by atoms with E-state index in [0.29, 0.717) is 25.8 Å². The van der Waals surface area contributed by atoms with Crippen molar-refractivity contribution in [2.75, 3.05) is 11.4 Å². The van der Waals surface area contributed by atoms with Crippen LogP contribution in [0.1, 0.15) is 25.7 Å². The summed E-state index contributed by atoms with van der Waals surface area (Å²) in [6, 6.07) is 7.33. The maximum atomic E-state index is 12.6. The molecule has 2 amide bonds. The molecule has 1 aromatic rings. The maximum absolute atomic E-state index is 12.6. The first-order valence-corrected chi connectivity index (χ1v) is 8.35. The Morgan fingerprint density at radius 2 is 2.00 bits per heavy atom. The fourth-order valence-electron chi connectivity index (χ4n) is 3.08. The van der Waals surface area contributed by atoms with Crippen molar-refractivity contribution in [1.82, 2.24) is 5.32 Å². The van der Waals surface area contributed by atoms with Crippen molar-refractivity contribution in [1.29, 1.82) is 0 Å². The van der Waals surface area contributed by atoms with Crippen molar-refractivity contribution < 1.29 is 19.5 Å². The summed E-state index contributed by atoms with van der Waals surface area (Å²) in [5, 5.41) is 11.9. The van der Waals surface area contributed by atoms with E-state index >= 15 is 0 Å². The molecule has 1 saturated carbocycles. The van der Waals surface area contributed by atoms with Gasteiger partial charge in [-0.05, 0) is 53.7 Å². The number of benzene rings is 1. The predicted octanol–water partition coefficient (Wildman–Crippen LogP) is 1.93. The van der Waals surface area contributed by atoms with Gasteiger partial charge in [-0.3, -0.25) is 9.59 Å². The number of rotatable bonds is 4. The molecule has 6 nitrogen and oxygen atoms in total. The highest BCUT2D eigenvalue weighted by molar-refractivity contribution is 9.10. The van der Waals surface area contributed by atoms with Crippen LogP contribution in [0.5, 0.6) is 0 Å². The van der Waals surface area contributed by atoms with Gasteiger partial charge in [-0.1, -0.05) is 12.1 Å². The minimum Gasteiger partial charge on any atom is -0.480 e. The third-order valence-corrected chi connectivity index (χ3v) is 5.31. The standard InChI is InChI=1S/C16H17BrN2O4/c17-11-4-1-2-5-12(11)19-9-6-10(14(19)21)13(20)18-16(15(22)23)7-3-8-16/h1-2,4-5,10H,3,6-9H2,(H,18,20)(H,22,23)/t10-/m0/s1. The molecule has 2 N–H and O–H groups in total. The zero-order valence-electron chi connectivity index (χ0n) is 12.4. The second-order valence-electron chi connectivity index (χ2n) is 6.01. The van der Waals surface area contributed by atoms with Gasteiger partial charge in [0.25, 0.3) is 0 Å². The Balaban J connectivity index is 1.73. The molecule has 7 heteroatoms. The number of amides is 2. The molecule has 2 fully saturated rings. The van der Waals surface area contributed by atoms with Gasteiger partial charge in [0.1, 0.15) is 11.5 Å². The van der Waals surface area contributed by atoms with Gasteiger partial charge in [-0.25, -0.2) is 4.79 Å². The smallest absolute Gasteiger partial charge is 0.329 e. The number of carbonyl (C=O) groups excluding carboxylic acids is 2. The largest absolute Gasteiger partial charge is 0.480 e. The van der Waals surface area contributed by atoms with Gasteiger partial charge in [0, 0.05) is 11.0 Å². The third kappa shape index (κ3) is 2.73. The average molecular weight is 381 g/mol. The van der Waals surface area contributed by atoms with Gasteiger partial charge >= 0.3 is 5.97 Å². The summed E-state index contributed by atoms with van der Waals surface area (Å²) in [4.78, 5) is 37.9. The normalized spacial score (nSPS) is 22.6. The lowest BCUT2D eigenvalue weighted by Crippen LogP contribution is -2.60. The highest BCUT2D eigenvalue weighted by Crippen LogP contribution is 2.34. The van der Waals surface area contributed by atoms with Crippen molar-refractivity contribution in [3.05, 3.63) is 28.7 Å². The quantitative estimate of drug-likeness (QED) is 0.781. The lowest BCUT2D eigenvalue weighted by molar-refractivity contribution is -0.153. The van der Waals surface area contributed by atoms with Crippen molar-refractivity contribution in [2.24, 2.45) is 5.92 Å². The molecule has 0 aromatic heterocycles. The first-order chi connectivity index (χ1) is 10.9. The number of nitrogens with zero attached hydrogens (tertiary/aromatic N) is 1. The molecule has 23 heavy (non-hydrogen) atoms. The maximum Gasteiger partial charge on any atom is 0.329 e. The molecule has 1 heterocycles. The van der Waals surface area contributed by atoms with E-state index in [1.165, 1.54) is 0 Å². The molecule has 0 bridgehead atoms. The van der Waals surface area contributed by atoms with Crippen LogP contribution < -0.4 is 10.2 Å². The second kappa shape index (κ2) is 5.96. The molecule has 1 aromatic carbocycles. The molecule has 2 aliphatic rings. The average Bonchev–Trinajstić information content (AvgIpc) is 2.84. The Morgan fingerprint density at radius 1 is 1.30 bits per heavy atom. The summed E-state index contributed by atoms with van der Waals surface area (Å²) in [6.45, 7) is 0.444. The van der Waals surface area contributed by atoms with Crippen LogP contribution in [0.25, 0.3) is 0 Å². The van der Waals surface area contributed by atoms with Crippen LogP contribution in [0.4, 0.5) is 5.69 Å². The van der Waals surface area contributed by atoms with Crippen molar-refractivity contribution in [3.8, 4) is 0 Å². The van der Waals surface area contributed by atoms with Gasteiger partial charge in [0.05, 0.1) is 5.69 Å². The summed E-state index contributed by atoms with van der Waals surface area (Å²) in [7, 11) is 0. The minimum atomic E-state index is -1.18. The Labute approximate surface area is 142 Å². The van der Waals surface area contributed by atoms with Gasteiger partial charge in [-0.2, -0.15) is 0 Å². The minimum absolute atomic E-state index is 0.283. The van der Waals surface area contributed by atoms with Crippen LogP contribution in [0.15, 0.2) is 28.7 Å². The number of carboxylic acids is 1. The van der Waals surface area contributed by atoms with Crippen LogP contribution >= 0.6 is 15.9 Å². The first-order valence-electron chi connectivity index (χ1n) is 7.56. The molecule has 1 atom stereocenters. The number of carboxylic acid groups (broad SMARTS) is 1. The van der Waals surface area contributed by atoms with E-state index in [0.717, 1.165) is 16.6 Å². The number of anilines is 1. The molecular weight excluding hydrogens is 364 g/mol. The molecule has 0 spiro atoms. The number of hydrogen-bond acceptors (Lipinski definition) is 3. The van der Waals surface area contributed by atoms with E-state index in [1.807, 2.05) is 24.3 Å². The lowest BCUT2D eigenvalue weighted by Gasteiger charge is -2.38. The Bertz CT molecular complexity index is 672. The number of nitrogens with one attached hydrogen (secondary N) is 1. The van der Waals surface area contributed by atoms with Crippen molar-refractivity contribution in [2.45, 2.75) is 31.2 Å². The topological polar surface area (TPSA) is 86.7 Å². The predicted molar refractivity (Wildman–Crippen MR) is 87.0 cm³/mol. The SMILES string of the molecule is O=C(NC1(C(=O)O)CCC1)[C@@H]1CCN(c2ccccc2Br)C1=O. The number of carbonyl (C=O) groups is 3. The highest BCUT2D eigenvalue weighted by Gasteiger charge is 2.48. The molecule has 1 aliphatic heterocycles. The van der Waals surface area contributed by atoms with Crippen LogP contribution in [-0.4, -0.2) is 35.0 Å². The van der Waals surface area contributed by atoms with E-state index in [4.69, 9.17) is 0 Å². The fraction of sp³-hybridized carbons (Fsp3) is 0.438. The summed E-state index contributed by atoms with van der Waals surface area (Å²) >= 11 is 3.41. The van der Waals surface area contributed by atoms with Crippen LogP contribution in [-0.2, 0) is 14.4 Å². The van der Waals surface area contributed by atoms with E-state index in [2.05, 4.69) is 21.2 Å². The highest BCUT2D eigenvalue weighted by atomic mass is 79.9. The number of hydrogen-bond donors (Lipinski definition) is 2. The summed E-state index contributed by atoms with van der Waals surface area (Å²) < 4.78 is 0.787. The van der Waals surface area contributed by atoms with Crippen molar-refractivity contribution >= 4 is 39.4 Å². The molecule has 0 unspecified atom stereocenters. The number of aliphatic carboxylic acids is 1. The first kappa shape index (κ1) is 16.0. The fourth-order valence-corrected chi connectivity index (χ4v) is 3.58. The van der Waals surface area contributed by atoms with Gasteiger partial charge in [0.15, 0.2) is 0 Å². The van der Waals surface area contributed by atoms with E-state index in [-0.39, 0.29) is 5.91 Å².